The Balaban J connectivity index is 2.04. The molecule has 2 aromatic rings. The van der Waals surface area contributed by atoms with Crippen LogP contribution >= 0.6 is 11.6 Å². The lowest BCUT2D eigenvalue weighted by Crippen LogP contribution is -2.34. The second kappa shape index (κ2) is 9.74. The van der Waals surface area contributed by atoms with Gasteiger partial charge in [-0.2, -0.15) is 0 Å². The zero-order chi connectivity index (χ0) is 19.1. The van der Waals surface area contributed by atoms with Gasteiger partial charge in [-0.3, -0.25) is 4.79 Å². The van der Waals surface area contributed by atoms with Crippen LogP contribution < -0.4 is 5.32 Å². The molecule has 0 bridgehead atoms. The Labute approximate surface area is 160 Å². The van der Waals surface area contributed by atoms with Crippen molar-refractivity contribution in [3.63, 3.8) is 0 Å². The number of amides is 1. The largest absolute Gasteiger partial charge is 0.355 e. The first kappa shape index (κ1) is 20.5. The smallest absolute Gasteiger partial charge is 0.257 e. The van der Waals surface area contributed by atoms with E-state index in [4.69, 9.17) is 16.1 Å². The quantitative estimate of drug-likeness (QED) is 0.696. The molecule has 0 saturated heterocycles. The molecule has 1 heterocycles. The Bertz CT molecular complexity index is 726. The van der Waals surface area contributed by atoms with Crippen LogP contribution in [0.25, 0.3) is 11.3 Å². The molecule has 26 heavy (non-hydrogen) atoms. The van der Waals surface area contributed by atoms with Crippen molar-refractivity contribution >= 4 is 17.5 Å². The number of carbonyl (C=O) groups excluding carboxylic acids is 1. The third-order valence-corrected chi connectivity index (χ3v) is 4.92. The maximum absolute atomic E-state index is 12.8. The second-order valence-electron chi connectivity index (χ2n) is 6.50. The molecular formula is C20H28ClN3O2. The first-order chi connectivity index (χ1) is 12.5. The van der Waals surface area contributed by atoms with Crippen molar-refractivity contribution in [3.05, 3.63) is 40.5 Å². The Morgan fingerprint density at radius 3 is 2.65 bits per heavy atom. The molecule has 1 aromatic heterocycles. The number of nitrogens with one attached hydrogen (secondary N) is 1. The van der Waals surface area contributed by atoms with Gasteiger partial charge in [0.1, 0.15) is 5.56 Å². The number of carbonyl (C=O) groups is 1. The fourth-order valence-corrected chi connectivity index (χ4v) is 3.22. The average molecular weight is 378 g/mol. The molecule has 2 rings (SSSR count). The fraction of sp³-hybridized carbons (Fsp3) is 0.500. The lowest BCUT2D eigenvalue weighted by Gasteiger charge is -2.19. The lowest BCUT2D eigenvalue weighted by atomic mass is 10.1. The zero-order valence-electron chi connectivity index (χ0n) is 16.0. The molecule has 1 amide bonds. The van der Waals surface area contributed by atoms with Crippen molar-refractivity contribution in [3.8, 4) is 11.3 Å². The van der Waals surface area contributed by atoms with E-state index in [2.05, 4.69) is 29.2 Å². The number of benzene rings is 1. The normalized spacial score (nSPS) is 12.4. The van der Waals surface area contributed by atoms with Gasteiger partial charge in [-0.25, -0.2) is 0 Å². The van der Waals surface area contributed by atoms with Crippen LogP contribution in [0.4, 0.5) is 0 Å². The number of aryl methyl sites for hydroxylation is 1. The summed E-state index contributed by atoms with van der Waals surface area (Å²) in [5.74, 6) is 0.245. The van der Waals surface area contributed by atoms with E-state index in [0.29, 0.717) is 27.6 Å². The van der Waals surface area contributed by atoms with Crippen molar-refractivity contribution < 1.29 is 9.32 Å². The first-order valence-electron chi connectivity index (χ1n) is 9.22. The molecule has 5 nitrogen and oxygen atoms in total. The van der Waals surface area contributed by atoms with Crippen LogP contribution in [-0.2, 0) is 0 Å². The minimum atomic E-state index is -0.172. The minimum absolute atomic E-state index is 0.0754. The zero-order valence-corrected chi connectivity index (χ0v) is 16.8. The van der Waals surface area contributed by atoms with Crippen molar-refractivity contribution in [2.45, 2.75) is 46.6 Å². The molecule has 0 fully saturated rings. The monoisotopic (exact) mass is 377 g/mol. The van der Waals surface area contributed by atoms with E-state index >= 15 is 0 Å². The Hall–Kier alpha value is -1.85. The van der Waals surface area contributed by atoms with Gasteiger partial charge in [0.15, 0.2) is 5.76 Å². The summed E-state index contributed by atoms with van der Waals surface area (Å²) >= 11 is 6.25. The molecule has 0 radical (unpaired) electrons. The van der Waals surface area contributed by atoms with Crippen LogP contribution in [0.15, 0.2) is 28.8 Å². The molecule has 1 N–H and O–H groups in total. The maximum Gasteiger partial charge on any atom is 0.257 e. The van der Waals surface area contributed by atoms with Gasteiger partial charge in [-0.05, 0) is 58.5 Å². The van der Waals surface area contributed by atoms with Gasteiger partial charge in [0, 0.05) is 11.6 Å². The predicted octanol–water partition coefficient (Wildman–Crippen LogP) is 4.54. The minimum Gasteiger partial charge on any atom is -0.355 e. The highest BCUT2D eigenvalue weighted by Gasteiger charge is 2.24. The molecule has 1 aromatic carbocycles. The topological polar surface area (TPSA) is 58.4 Å². The lowest BCUT2D eigenvalue weighted by molar-refractivity contribution is 0.0937. The second-order valence-corrected chi connectivity index (χ2v) is 6.90. The average Bonchev–Trinajstić information content (AvgIpc) is 3.00. The van der Waals surface area contributed by atoms with Gasteiger partial charge in [0.2, 0.25) is 0 Å². The highest BCUT2D eigenvalue weighted by atomic mass is 35.5. The third-order valence-electron chi connectivity index (χ3n) is 4.59. The molecule has 1 unspecified atom stereocenters. The molecule has 142 valence electrons. The van der Waals surface area contributed by atoms with E-state index in [1.165, 1.54) is 0 Å². The molecular weight excluding hydrogens is 350 g/mol. The van der Waals surface area contributed by atoms with E-state index in [1.807, 2.05) is 25.1 Å². The molecule has 1 atom stereocenters. The van der Waals surface area contributed by atoms with Gasteiger partial charge >= 0.3 is 0 Å². The number of nitrogens with zero attached hydrogens (tertiary/aromatic N) is 2. The molecule has 0 aliphatic rings. The van der Waals surface area contributed by atoms with Gasteiger partial charge in [0.05, 0.1) is 10.7 Å². The van der Waals surface area contributed by atoms with Crippen LogP contribution in [0.3, 0.4) is 0 Å². The van der Waals surface area contributed by atoms with Crippen molar-refractivity contribution in [2.75, 3.05) is 19.6 Å². The summed E-state index contributed by atoms with van der Waals surface area (Å²) in [4.78, 5) is 15.2. The van der Waals surface area contributed by atoms with Gasteiger partial charge in [-0.15, -0.1) is 0 Å². The van der Waals surface area contributed by atoms with E-state index in [1.54, 1.807) is 13.0 Å². The third kappa shape index (κ3) is 5.08. The summed E-state index contributed by atoms with van der Waals surface area (Å²) in [5, 5.41) is 7.56. The Morgan fingerprint density at radius 1 is 1.31 bits per heavy atom. The van der Waals surface area contributed by atoms with E-state index in [9.17, 15) is 4.79 Å². The summed E-state index contributed by atoms with van der Waals surface area (Å²) in [6.07, 6.45) is 1.97. The van der Waals surface area contributed by atoms with Gasteiger partial charge in [-0.1, -0.05) is 42.7 Å². The van der Waals surface area contributed by atoms with Crippen molar-refractivity contribution in [2.24, 2.45) is 0 Å². The predicted molar refractivity (Wildman–Crippen MR) is 106 cm³/mol. The highest BCUT2D eigenvalue weighted by molar-refractivity contribution is 6.33. The maximum atomic E-state index is 12.8. The molecule has 0 aliphatic carbocycles. The summed E-state index contributed by atoms with van der Waals surface area (Å²) in [6.45, 7) is 11.3. The van der Waals surface area contributed by atoms with Crippen LogP contribution in [0.1, 0.15) is 49.7 Å². The molecule has 0 saturated carbocycles. The summed E-state index contributed by atoms with van der Waals surface area (Å²) in [5.41, 5.74) is 1.69. The summed E-state index contributed by atoms with van der Waals surface area (Å²) in [6, 6.07) is 7.37. The standard InChI is InChI=1S/C20H28ClN3O2/c1-5-24(6-2)13-9-10-14(3)22-20(25)18-15(4)23-26-19(18)16-11-7-8-12-17(16)21/h7-8,11-12,14H,5-6,9-10,13H2,1-4H3,(H,22,25). The van der Waals surface area contributed by atoms with Gasteiger partial charge in [0.25, 0.3) is 5.91 Å². The van der Waals surface area contributed by atoms with Gasteiger partial charge < -0.3 is 14.7 Å². The van der Waals surface area contributed by atoms with E-state index < -0.39 is 0 Å². The van der Waals surface area contributed by atoms with E-state index in [-0.39, 0.29) is 11.9 Å². The van der Waals surface area contributed by atoms with Crippen LogP contribution in [0.5, 0.6) is 0 Å². The number of aromatic nitrogens is 1. The summed E-state index contributed by atoms with van der Waals surface area (Å²) < 4.78 is 5.40. The number of hydrogen-bond donors (Lipinski definition) is 1. The van der Waals surface area contributed by atoms with Crippen molar-refractivity contribution in [1.29, 1.82) is 0 Å². The Kier molecular flexibility index (Phi) is 7.66. The summed E-state index contributed by atoms with van der Waals surface area (Å²) in [7, 11) is 0. The van der Waals surface area contributed by atoms with Crippen LogP contribution in [0, 0.1) is 6.92 Å². The van der Waals surface area contributed by atoms with Crippen LogP contribution in [-0.4, -0.2) is 41.6 Å². The Morgan fingerprint density at radius 2 is 2.00 bits per heavy atom. The highest BCUT2D eigenvalue weighted by Crippen LogP contribution is 2.31. The first-order valence-corrected chi connectivity index (χ1v) is 9.60. The van der Waals surface area contributed by atoms with E-state index in [0.717, 1.165) is 32.5 Å². The number of rotatable bonds is 9. The van der Waals surface area contributed by atoms with Crippen molar-refractivity contribution in [1.82, 2.24) is 15.4 Å². The molecule has 0 spiro atoms. The SMILES string of the molecule is CCN(CC)CCCC(C)NC(=O)c1c(C)noc1-c1ccccc1Cl. The molecule has 6 heteroatoms. The molecule has 0 aliphatic heterocycles. The number of halogens is 1. The fourth-order valence-electron chi connectivity index (χ4n) is 3.00. The van der Waals surface area contributed by atoms with Crippen LogP contribution in [0.2, 0.25) is 5.02 Å². The number of hydrogen-bond acceptors (Lipinski definition) is 4.